The number of carbonyl (C=O) groups is 1. The van der Waals surface area contributed by atoms with Crippen LogP contribution < -0.4 is 0 Å². The number of rotatable bonds is 5. The van der Waals surface area contributed by atoms with Gasteiger partial charge in [-0.05, 0) is 25.6 Å². The molecular weight excluding hydrogens is 343 g/mol. The Morgan fingerprint density at radius 2 is 2.09 bits per heavy atom. The van der Waals surface area contributed by atoms with E-state index < -0.39 is 15.7 Å². The Bertz CT molecular complexity index is 676. The number of benzene rings is 1. The minimum atomic E-state index is -2.99. The summed E-state index contributed by atoms with van der Waals surface area (Å²) in [6.07, 6.45) is 0.537. The van der Waals surface area contributed by atoms with Crippen LogP contribution in [0.4, 0.5) is 4.39 Å². The second-order valence-corrected chi connectivity index (χ2v) is 8.56. The zero-order valence-corrected chi connectivity index (χ0v) is 14.7. The molecule has 1 saturated heterocycles. The lowest BCUT2D eigenvalue weighted by atomic mass is 10.2. The molecule has 1 aliphatic heterocycles. The highest BCUT2D eigenvalue weighted by atomic mass is 35.5. The molecular formula is C15H20ClFN2O3S. The summed E-state index contributed by atoms with van der Waals surface area (Å²) >= 11 is 5.96. The molecule has 1 atom stereocenters. The largest absolute Gasteiger partial charge is 0.340 e. The third kappa shape index (κ3) is 4.65. The van der Waals surface area contributed by atoms with E-state index in [2.05, 4.69) is 0 Å². The average molecular weight is 363 g/mol. The molecule has 23 heavy (non-hydrogen) atoms. The molecule has 0 N–H and O–H groups in total. The van der Waals surface area contributed by atoms with Crippen molar-refractivity contribution in [3.8, 4) is 0 Å². The van der Waals surface area contributed by atoms with Gasteiger partial charge in [0.1, 0.15) is 5.82 Å². The minimum absolute atomic E-state index is 0.0706. The second kappa shape index (κ2) is 7.15. The summed E-state index contributed by atoms with van der Waals surface area (Å²) in [6.45, 7) is 0.157. The van der Waals surface area contributed by atoms with Gasteiger partial charge in [-0.25, -0.2) is 12.8 Å². The molecule has 1 amide bonds. The highest BCUT2D eigenvalue weighted by Gasteiger charge is 2.31. The molecule has 1 heterocycles. The fourth-order valence-electron chi connectivity index (χ4n) is 2.59. The molecule has 1 aromatic carbocycles. The topological polar surface area (TPSA) is 57.7 Å². The van der Waals surface area contributed by atoms with Crippen molar-refractivity contribution in [1.82, 2.24) is 9.80 Å². The summed E-state index contributed by atoms with van der Waals surface area (Å²) in [7, 11) is 0.313. The zero-order valence-electron chi connectivity index (χ0n) is 13.1. The lowest BCUT2D eigenvalue weighted by Gasteiger charge is -2.26. The van der Waals surface area contributed by atoms with Crippen LogP contribution >= 0.6 is 11.6 Å². The van der Waals surface area contributed by atoms with Crippen molar-refractivity contribution in [1.29, 1.82) is 0 Å². The first-order chi connectivity index (χ1) is 10.7. The maximum absolute atomic E-state index is 13.8. The molecule has 1 unspecified atom stereocenters. The molecule has 0 saturated carbocycles. The van der Waals surface area contributed by atoms with Gasteiger partial charge in [0.05, 0.1) is 18.1 Å². The van der Waals surface area contributed by atoms with Gasteiger partial charge in [0, 0.05) is 30.2 Å². The first-order valence-corrected chi connectivity index (χ1v) is 9.47. The number of hydrogen-bond donors (Lipinski definition) is 0. The van der Waals surface area contributed by atoms with E-state index in [1.807, 2.05) is 0 Å². The maximum atomic E-state index is 13.8. The van der Waals surface area contributed by atoms with Gasteiger partial charge in [-0.3, -0.25) is 9.69 Å². The van der Waals surface area contributed by atoms with Gasteiger partial charge in [0.25, 0.3) is 0 Å². The molecule has 8 heteroatoms. The predicted octanol–water partition coefficient (Wildman–Crippen LogP) is 1.56. The van der Waals surface area contributed by atoms with E-state index in [0.717, 1.165) is 0 Å². The molecule has 1 aliphatic rings. The van der Waals surface area contributed by atoms with E-state index in [4.69, 9.17) is 11.6 Å². The number of halogens is 2. The standard InChI is InChI=1S/C15H20ClFN2O3S/c1-18(11-6-7-23(21,22)10-11)9-15(20)19(2)8-12-13(16)4-3-5-14(12)17/h3-5,11H,6-10H2,1-2H3. The van der Waals surface area contributed by atoms with Gasteiger partial charge in [-0.1, -0.05) is 17.7 Å². The number of amides is 1. The molecule has 0 spiro atoms. The van der Waals surface area contributed by atoms with Gasteiger partial charge in [0.15, 0.2) is 9.84 Å². The van der Waals surface area contributed by atoms with Crippen LogP contribution in [0.15, 0.2) is 18.2 Å². The highest BCUT2D eigenvalue weighted by molar-refractivity contribution is 7.91. The van der Waals surface area contributed by atoms with E-state index >= 15 is 0 Å². The van der Waals surface area contributed by atoms with Crippen LogP contribution in [0.1, 0.15) is 12.0 Å². The summed E-state index contributed by atoms with van der Waals surface area (Å²) in [5.41, 5.74) is 0.274. The Labute approximate surface area is 140 Å². The predicted molar refractivity (Wildman–Crippen MR) is 87.6 cm³/mol. The van der Waals surface area contributed by atoms with E-state index in [9.17, 15) is 17.6 Å². The number of likely N-dealkylation sites (N-methyl/N-ethyl adjacent to an activating group) is 2. The van der Waals surface area contributed by atoms with Gasteiger partial charge in [0.2, 0.25) is 5.91 Å². The van der Waals surface area contributed by atoms with Crippen molar-refractivity contribution >= 4 is 27.3 Å². The molecule has 128 valence electrons. The van der Waals surface area contributed by atoms with Crippen LogP contribution in [-0.2, 0) is 21.2 Å². The molecule has 0 radical (unpaired) electrons. The van der Waals surface area contributed by atoms with E-state index in [0.29, 0.717) is 6.42 Å². The van der Waals surface area contributed by atoms with Crippen molar-refractivity contribution in [3.05, 3.63) is 34.6 Å². The van der Waals surface area contributed by atoms with Crippen LogP contribution in [0.25, 0.3) is 0 Å². The molecule has 5 nitrogen and oxygen atoms in total. The van der Waals surface area contributed by atoms with Crippen LogP contribution in [0, 0.1) is 5.82 Å². The monoisotopic (exact) mass is 362 g/mol. The SMILES string of the molecule is CN(Cc1c(F)cccc1Cl)C(=O)CN(C)C1CCS(=O)(=O)C1. The summed E-state index contributed by atoms with van der Waals surface area (Å²) in [5.74, 6) is -0.417. The second-order valence-electron chi connectivity index (χ2n) is 5.92. The lowest BCUT2D eigenvalue weighted by molar-refractivity contribution is -0.131. The number of hydrogen-bond acceptors (Lipinski definition) is 4. The Hall–Kier alpha value is -1.18. The Morgan fingerprint density at radius 3 is 2.65 bits per heavy atom. The van der Waals surface area contributed by atoms with E-state index in [1.165, 1.54) is 17.0 Å². The lowest BCUT2D eigenvalue weighted by Crippen LogP contribution is -2.41. The van der Waals surface area contributed by atoms with Gasteiger partial charge < -0.3 is 4.90 Å². The smallest absolute Gasteiger partial charge is 0.236 e. The Balaban J connectivity index is 1.95. The minimum Gasteiger partial charge on any atom is -0.340 e. The highest BCUT2D eigenvalue weighted by Crippen LogP contribution is 2.21. The van der Waals surface area contributed by atoms with Gasteiger partial charge >= 0.3 is 0 Å². The third-order valence-electron chi connectivity index (χ3n) is 4.10. The molecule has 2 rings (SSSR count). The fraction of sp³-hybridized carbons (Fsp3) is 0.533. The zero-order chi connectivity index (χ0) is 17.2. The summed E-state index contributed by atoms with van der Waals surface area (Å²) in [4.78, 5) is 15.4. The number of carbonyl (C=O) groups excluding carboxylic acids is 1. The molecule has 0 aliphatic carbocycles. The van der Waals surface area contributed by atoms with Crippen LogP contribution in [0.2, 0.25) is 5.02 Å². The van der Waals surface area contributed by atoms with Crippen molar-refractivity contribution in [3.63, 3.8) is 0 Å². The van der Waals surface area contributed by atoms with Crippen molar-refractivity contribution in [2.75, 3.05) is 32.1 Å². The average Bonchev–Trinajstić information content (AvgIpc) is 2.83. The normalized spacial score (nSPS) is 20.0. The third-order valence-corrected chi connectivity index (χ3v) is 6.20. The molecule has 0 aromatic heterocycles. The fourth-order valence-corrected chi connectivity index (χ4v) is 4.62. The summed E-state index contributed by atoms with van der Waals surface area (Å²) in [6, 6.07) is 4.24. The molecule has 1 fully saturated rings. The number of sulfone groups is 1. The molecule has 1 aromatic rings. The van der Waals surface area contributed by atoms with Crippen molar-refractivity contribution in [2.45, 2.75) is 19.0 Å². The van der Waals surface area contributed by atoms with E-state index in [1.54, 1.807) is 25.1 Å². The summed E-state index contributed by atoms with van der Waals surface area (Å²) in [5, 5.41) is 0.278. The van der Waals surface area contributed by atoms with Crippen LogP contribution in [-0.4, -0.2) is 62.3 Å². The van der Waals surface area contributed by atoms with Crippen molar-refractivity contribution < 1.29 is 17.6 Å². The van der Waals surface area contributed by atoms with Gasteiger partial charge in [-0.15, -0.1) is 0 Å². The van der Waals surface area contributed by atoms with Gasteiger partial charge in [-0.2, -0.15) is 0 Å². The molecule has 0 bridgehead atoms. The van der Waals surface area contributed by atoms with Crippen molar-refractivity contribution in [2.24, 2.45) is 0 Å². The van der Waals surface area contributed by atoms with Crippen LogP contribution in [0.5, 0.6) is 0 Å². The Kier molecular flexibility index (Phi) is 5.65. The Morgan fingerprint density at radius 1 is 1.39 bits per heavy atom. The number of nitrogens with zero attached hydrogens (tertiary/aromatic N) is 2. The summed E-state index contributed by atoms with van der Waals surface area (Å²) < 4.78 is 36.8. The first-order valence-electron chi connectivity index (χ1n) is 7.27. The van der Waals surface area contributed by atoms with E-state index in [-0.39, 0.29) is 47.1 Å². The maximum Gasteiger partial charge on any atom is 0.236 e. The quantitative estimate of drug-likeness (QED) is 0.797. The first kappa shape index (κ1) is 18.2. The van der Waals surface area contributed by atoms with Crippen LogP contribution in [0.3, 0.4) is 0 Å².